The molecule has 1 unspecified atom stereocenters. The normalized spacial score (nSPS) is 12.4. The van der Waals surface area contributed by atoms with E-state index in [1.807, 2.05) is 4.90 Å². The smallest absolute Gasteiger partial charge is 0.124 e. The number of benzene rings is 1. The van der Waals surface area contributed by atoms with Crippen LogP contribution in [0, 0.1) is 17.1 Å². The van der Waals surface area contributed by atoms with Gasteiger partial charge in [0.1, 0.15) is 11.9 Å². The molecule has 0 aliphatic carbocycles. The zero-order valence-corrected chi connectivity index (χ0v) is 11.3. The third kappa shape index (κ3) is 4.95. The quantitative estimate of drug-likeness (QED) is 0.722. The van der Waals surface area contributed by atoms with Crippen LogP contribution in [0.25, 0.3) is 0 Å². The number of hydrogen-bond acceptors (Lipinski definition) is 4. The van der Waals surface area contributed by atoms with Crippen LogP contribution in [0.2, 0.25) is 0 Å². The highest BCUT2D eigenvalue weighted by molar-refractivity contribution is 5.25. The molecule has 1 atom stereocenters. The molecule has 0 N–H and O–H groups in total. The van der Waals surface area contributed by atoms with Crippen molar-refractivity contribution >= 4 is 0 Å². The number of hydrogen-bond donors (Lipinski definition) is 0. The van der Waals surface area contributed by atoms with Crippen molar-refractivity contribution in [2.75, 3.05) is 40.5 Å². The van der Waals surface area contributed by atoms with Crippen LogP contribution in [0.1, 0.15) is 11.6 Å². The van der Waals surface area contributed by atoms with Gasteiger partial charge in [0.15, 0.2) is 0 Å². The lowest BCUT2D eigenvalue weighted by Gasteiger charge is -2.26. The molecular formula is C14H19FN2O2. The minimum atomic E-state index is -0.499. The minimum Gasteiger partial charge on any atom is -0.383 e. The van der Waals surface area contributed by atoms with Gasteiger partial charge in [0.2, 0.25) is 0 Å². The molecule has 0 radical (unpaired) electrons. The topological polar surface area (TPSA) is 45.5 Å². The number of nitriles is 1. The number of halogens is 1. The van der Waals surface area contributed by atoms with Crippen molar-refractivity contribution in [3.63, 3.8) is 0 Å². The van der Waals surface area contributed by atoms with Gasteiger partial charge in [-0.25, -0.2) is 4.39 Å². The lowest BCUT2D eigenvalue weighted by molar-refractivity contribution is 0.101. The Hall–Kier alpha value is -1.48. The van der Waals surface area contributed by atoms with Crippen molar-refractivity contribution in [3.05, 3.63) is 35.6 Å². The van der Waals surface area contributed by atoms with Crippen molar-refractivity contribution in [2.24, 2.45) is 0 Å². The van der Waals surface area contributed by atoms with Gasteiger partial charge in [-0.3, -0.25) is 4.90 Å². The molecule has 0 aliphatic heterocycles. The summed E-state index contributed by atoms with van der Waals surface area (Å²) < 4.78 is 23.3. The molecule has 0 saturated carbocycles. The van der Waals surface area contributed by atoms with E-state index in [1.165, 1.54) is 12.1 Å². The van der Waals surface area contributed by atoms with E-state index in [4.69, 9.17) is 9.47 Å². The standard InChI is InChI=1S/C14H19FN2O2/c1-18-8-6-17(7-9-19-2)14(11-16)12-4-3-5-13(15)10-12/h3-5,10,14H,6-9H2,1-2H3. The predicted octanol–water partition coefficient (Wildman–Crippen LogP) is 1.99. The highest BCUT2D eigenvalue weighted by Crippen LogP contribution is 2.20. The third-order valence-corrected chi connectivity index (χ3v) is 2.82. The molecule has 0 aromatic heterocycles. The first-order chi connectivity index (χ1) is 9.22. The van der Waals surface area contributed by atoms with Gasteiger partial charge in [-0.15, -0.1) is 0 Å². The first-order valence-corrected chi connectivity index (χ1v) is 6.10. The second-order valence-corrected chi connectivity index (χ2v) is 4.11. The van der Waals surface area contributed by atoms with Crippen LogP contribution in [0.5, 0.6) is 0 Å². The molecular weight excluding hydrogens is 247 g/mol. The van der Waals surface area contributed by atoms with Crippen LogP contribution in [-0.4, -0.2) is 45.4 Å². The maximum atomic E-state index is 13.3. The average molecular weight is 266 g/mol. The van der Waals surface area contributed by atoms with Gasteiger partial charge in [0, 0.05) is 27.3 Å². The van der Waals surface area contributed by atoms with Crippen LogP contribution in [0.4, 0.5) is 4.39 Å². The summed E-state index contributed by atoms with van der Waals surface area (Å²) in [4.78, 5) is 1.92. The van der Waals surface area contributed by atoms with E-state index in [9.17, 15) is 9.65 Å². The summed E-state index contributed by atoms with van der Waals surface area (Å²) in [6.07, 6.45) is 0. The number of rotatable bonds is 8. The maximum Gasteiger partial charge on any atom is 0.124 e. The van der Waals surface area contributed by atoms with Gasteiger partial charge in [-0.05, 0) is 17.7 Å². The zero-order valence-electron chi connectivity index (χ0n) is 11.3. The van der Waals surface area contributed by atoms with Crippen LogP contribution < -0.4 is 0 Å². The second-order valence-electron chi connectivity index (χ2n) is 4.11. The third-order valence-electron chi connectivity index (χ3n) is 2.82. The maximum absolute atomic E-state index is 13.3. The summed E-state index contributed by atoms with van der Waals surface area (Å²) in [6, 6.07) is 7.83. The van der Waals surface area contributed by atoms with E-state index in [-0.39, 0.29) is 5.82 Å². The summed E-state index contributed by atoms with van der Waals surface area (Å²) in [6.45, 7) is 2.21. The summed E-state index contributed by atoms with van der Waals surface area (Å²) in [5, 5.41) is 9.34. The molecule has 0 aliphatic rings. The summed E-state index contributed by atoms with van der Waals surface area (Å²) in [7, 11) is 3.22. The number of ether oxygens (including phenoxy) is 2. The van der Waals surface area contributed by atoms with Crippen molar-refractivity contribution in [1.29, 1.82) is 5.26 Å². The Morgan fingerprint density at radius 2 is 1.89 bits per heavy atom. The molecule has 0 fully saturated rings. The van der Waals surface area contributed by atoms with E-state index >= 15 is 0 Å². The fraction of sp³-hybridized carbons (Fsp3) is 0.500. The fourth-order valence-corrected chi connectivity index (χ4v) is 1.83. The lowest BCUT2D eigenvalue weighted by Crippen LogP contribution is -2.34. The van der Waals surface area contributed by atoms with E-state index in [0.717, 1.165) is 0 Å². The molecule has 1 aromatic carbocycles. The minimum absolute atomic E-state index is 0.337. The second kappa shape index (κ2) is 8.59. The summed E-state index contributed by atoms with van der Waals surface area (Å²) in [5.41, 5.74) is 0.648. The molecule has 1 rings (SSSR count). The van der Waals surface area contributed by atoms with Gasteiger partial charge in [-0.1, -0.05) is 12.1 Å². The van der Waals surface area contributed by atoms with Crippen molar-refractivity contribution in [1.82, 2.24) is 4.90 Å². The molecule has 19 heavy (non-hydrogen) atoms. The molecule has 0 heterocycles. The predicted molar refractivity (Wildman–Crippen MR) is 70.1 cm³/mol. The largest absolute Gasteiger partial charge is 0.383 e. The van der Waals surface area contributed by atoms with E-state index in [0.29, 0.717) is 31.9 Å². The lowest BCUT2D eigenvalue weighted by atomic mass is 10.1. The number of methoxy groups -OCH3 is 2. The Kier molecular flexibility index (Phi) is 7.04. The van der Waals surface area contributed by atoms with Crippen LogP contribution in [-0.2, 0) is 9.47 Å². The Labute approximate surface area is 113 Å². The van der Waals surface area contributed by atoms with Gasteiger partial charge >= 0.3 is 0 Å². The van der Waals surface area contributed by atoms with E-state index in [2.05, 4.69) is 6.07 Å². The van der Waals surface area contributed by atoms with Gasteiger partial charge in [-0.2, -0.15) is 5.26 Å². The molecule has 5 heteroatoms. The molecule has 0 spiro atoms. The van der Waals surface area contributed by atoms with Crippen LogP contribution >= 0.6 is 0 Å². The van der Waals surface area contributed by atoms with E-state index in [1.54, 1.807) is 26.4 Å². The van der Waals surface area contributed by atoms with Crippen molar-refractivity contribution < 1.29 is 13.9 Å². The Bertz CT molecular complexity index is 412. The molecule has 104 valence electrons. The zero-order chi connectivity index (χ0) is 14.1. The monoisotopic (exact) mass is 266 g/mol. The molecule has 1 aromatic rings. The van der Waals surface area contributed by atoms with E-state index < -0.39 is 6.04 Å². The molecule has 0 amide bonds. The first-order valence-electron chi connectivity index (χ1n) is 6.10. The summed E-state index contributed by atoms with van der Waals surface area (Å²) in [5.74, 6) is -0.337. The van der Waals surface area contributed by atoms with Crippen molar-refractivity contribution in [2.45, 2.75) is 6.04 Å². The molecule has 4 nitrogen and oxygen atoms in total. The Morgan fingerprint density at radius 1 is 1.26 bits per heavy atom. The van der Waals surface area contributed by atoms with Gasteiger partial charge < -0.3 is 9.47 Å². The Balaban J connectivity index is 2.85. The highest BCUT2D eigenvalue weighted by Gasteiger charge is 2.20. The average Bonchev–Trinajstić information content (AvgIpc) is 2.42. The van der Waals surface area contributed by atoms with Gasteiger partial charge in [0.05, 0.1) is 19.3 Å². The molecule has 0 bridgehead atoms. The first kappa shape index (κ1) is 15.6. The van der Waals surface area contributed by atoms with Crippen molar-refractivity contribution in [3.8, 4) is 6.07 Å². The summed E-state index contributed by atoms with van der Waals surface area (Å²) >= 11 is 0. The fourth-order valence-electron chi connectivity index (χ4n) is 1.83. The molecule has 0 saturated heterocycles. The van der Waals surface area contributed by atoms with Gasteiger partial charge in [0.25, 0.3) is 0 Å². The SMILES string of the molecule is COCCN(CCOC)C(C#N)c1cccc(F)c1. The van der Waals surface area contributed by atoms with Crippen LogP contribution in [0.15, 0.2) is 24.3 Å². The Morgan fingerprint density at radius 3 is 2.37 bits per heavy atom. The van der Waals surface area contributed by atoms with Crippen LogP contribution in [0.3, 0.4) is 0 Å². The highest BCUT2D eigenvalue weighted by atomic mass is 19.1. The number of nitrogens with zero attached hydrogens (tertiary/aromatic N) is 2.